The second kappa shape index (κ2) is 9.11. The van der Waals surface area contributed by atoms with Gasteiger partial charge in [0, 0.05) is 38.2 Å². The summed E-state index contributed by atoms with van der Waals surface area (Å²) in [6, 6.07) is 7.87. The number of nitrogens with one attached hydrogen (secondary N) is 1. The van der Waals surface area contributed by atoms with E-state index in [1.54, 1.807) is 0 Å². The maximum Gasteiger partial charge on any atom is 0.222 e. The van der Waals surface area contributed by atoms with Gasteiger partial charge in [0.25, 0.3) is 0 Å². The fourth-order valence-corrected chi connectivity index (χ4v) is 2.62. The van der Waals surface area contributed by atoms with Crippen LogP contribution in [-0.2, 0) is 11.3 Å². The molecule has 0 atom stereocenters. The number of amides is 1. The van der Waals surface area contributed by atoms with Crippen LogP contribution in [0.15, 0.2) is 24.3 Å². The summed E-state index contributed by atoms with van der Waals surface area (Å²) in [7, 11) is 0. The van der Waals surface area contributed by atoms with Crippen molar-refractivity contribution in [3.8, 4) is 18.1 Å². The van der Waals surface area contributed by atoms with E-state index in [9.17, 15) is 4.79 Å². The maximum absolute atomic E-state index is 11.9. The summed E-state index contributed by atoms with van der Waals surface area (Å²) in [4.78, 5) is 13.9. The summed E-state index contributed by atoms with van der Waals surface area (Å²) in [5.41, 5.74) is 1.08. The van der Waals surface area contributed by atoms with Crippen molar-refractivity contribution in [1.29, 1.82) is 0 Å². The van der Waals surface area contributed by atoms with Crippen molar-refractivity contribution in [1.82, 2.24) is 10.2 Å². The van der Waals surface area contributed by atoms with Gasteiger partial charge in [0.05, 0.1) is 0 Å². The van der Waals surface area contributed by atoms with Gasteiger partial charge in [0.2, 0.25) is 5.91 Å². The Morgan fingerprint density at radius 3 is 3.00 bits per heavy atom. The Hall–Kier alpha value is -1.99. The number of terminal acetylenes is 1. The predicted molar refractivity (Wildman–Crippen MR) is 87.5 cm³/mol. The number of nitrogens with zero attached hydrogens (tertiary/aromatic N) is 1. The fraction of sp³-hybridized carbons (Fsp3) is 0.500. The first-order chi connectivity index (χ1) is 10.8. The van der Waals surface area contributed by atoms with Crippen LogP contribution in [0.5, 0.6) is 5.75 Å². The number of hydrogen-bond acceptors (Lipinski definition) is 3. The number of hydrogen-bond donors (Lipinski definition) is 1. The quantitative estimate of drug-likeness (QED) is 0.620. The van der Waals surface area contributed by atoms with Crippen LogP contribution < -0.4 is 10.1 Å². The molecule has 1 aromatic rings. The van der Waals surface area contributed by atoms with E-state index in [0.29, 0.717) is 13.0 Å². The van der Waals surface area contributed by atoms with Crippen molar-refractivity contribution in [2.24, 2.45) is 0 Å². The van der Waals surface area contributed by atoms with E-state index in [4.69, 9.17) is 11.2 Å². The molecular formula is C18H24N2O2. The SMILES string of the molecule is C#CCOc1ccccc1CNCCN1CCCCCC1=O. The number of ether oxygens (including phenoxy) is 1. The molecule has 1 N–H and O–H groups in total. The molecular weight excluding hydrogens is 276 g/mol. The largest absolute Gasteiger partial charge is 0.481 e. The third kappa shape index (κ3) is 5.09. The first-order valence-electron chi connectivity index (χ1n) is 7.94. The van der Waals surface area contributed by atoms with Crippen molar-refractivity contribution in [2.75, 3.05) is 26.2 Å². The predicted octanol–water partition coefficient (Wildman–Crippen LogP) is 2.19. The molecule has 1 aliphatic heterocycles. The van der Waals surface area contributed by atoms with Crippen LogP contribution >= 0.6 is 0 Å². The highest BCUT2D eigenvalue weighted by molar-refractivity contribution is 5.76. The third-order valence-electron chi connectivity index (χ3n) is 3.83. The van der Waals surface area contributed by atoms with Crippen molar-refractivity contribution in [3.63, 3.8) is 0 Å². The molecule has 4 heteroatoms. The van der Waals surface area contributed by atoms with Gasteiger partial charge < -0.3 is 15.0 Å². The molecule has 0 radical (unpaired) electrons. The molecule has 4 nitrogen and oxygen atoms in total. The van der Waals surface area contributed by atoms with Gasteiger partial charge in [-0.15, -0.1) is 6.42 Å². The average molecular weight is 300 g/mol. The fourth-order valence-electron chi connectivity index (χ4n) is 2.62. The number of carbonyl (C=O) groups is 1. The van der Waals surface area contributed by atoms with E-state index in [0.717, 1.165) is 50.2 Å². The summed E-state index contributed by atoms with van der Waals surface area (Å²) in [5, 5.41) is 3.38. The van der Waals surface area contributed by atoms with Gasteiger partial charge in [-0.1, -0.05) is 30.5 Å². The lowest BCUT2D eigenvalue weighted by atomic mass is 10.2. The maximum atomic E-state index is 11.9. The molecule has 0 aromatic heterocycles. The zero-order valence-electron chi connectivity index (χ0n) is 13.0. The second-order valence-corrected chi connectivity index (χ2v) is 5.47. The van der Waals surface area contributed by atoms with Crippen molar-refractivity contribution in [2.45, 2.75) is 32.2 Å². The minimum Gasteiger partial charge on any atom is -0.481 e. The molecule has 1 aliphatic rings. The summed E-state index contributed by atoms with van der Waals surface area (Å²) in [6.45, 7) is 3.44. The topological polar surface area (TPSA) is 41.6 Å². The molecule has 1 heterocycles. The molecule has 0 spiro atoms. The van der Waals surface area contributed by atoms with Gasteiger partial charge in [0.1, 0.15) is 12.4 Å². The van der Waals surface area contributed by atoms with Crippen LogP contribution in [-0.4, -0.2) is 37.0 Å². The number of rotatable bonds is 7. The van der Waals surface area contributed by atoms with Gasteiger partial charge in [-0.3, -0.25) is 4.79 Å². The molecule has 22 heavy (non-hydrogen) atoms. The zero-order valence-corrected chi connectivity index (χ0v) is 13.0. The highest BCUT2D eigenvalue weighted by Gasteiger charge is 2.15. The van der Waals surface area contributed by atoms with Gasteiger partial charge >= 0.3 is 0 Å². The molecule has 0 unspecified atom stereocenters. The Labute approximate surface area is 132 Å². The number of benzene rings is 1. The molecule has 0 bridgehead atoms. The van der Waals surface area contributed by atoms with Crippen LogP contribution in [0.4, 0.5) is 0 Å². The van der Waals surface area contributed by atoms with Crippen LogP contribution in [0, 0.1) is 12.3 Å². The summed E-state index contributed by atoms with van der Waals surface area (Å²) >= 11 is 0. The molecule has 2 rings (SSSR count). The Kier molecular flexibility index (Phi) is 6.79. The minimum absolute atomic E-state index is 0.277. The minimum atomic E-state index is 0.277. The second-order valence-electron chi connectivity index (χ2n) is 5.47. The molecule has 1 amide bonds. The Morgan fingerprint density at radius 2 is 2.14 bits per heavy atom. The monoisotopic (exact) mass is 300 g/mol. The molecule has 0 saturated carbocycles. The van der Waals surface area contributed by atoms with Crippen molar-refractivity contribution >= 4 is 5.91 Å². The Balaban J connectivity index is 1.76. The van der Waals surface area contributed by atoms with E-state index >= 15 is 0 Å². The van der Waals surface area contributed by atoms with E-state index in [1.165, 1.54) is 0 Å². The van der Waals surface area contributed by atoms with Gasteiger partial charge in [-0.25, -0.2) is 0 Å². The molecule has 1 fully saturated rings. The summed E-state index contributed by atoms with van der Waals surface area (Å²) in [6.07, 6.45) is 9.24. The summed E-state index contributed by atoms with van der Waals surface area (Å²) < 4.78 is 5.53. The van der Waals surface area contributed by atoms with Crippen LogP contribution in [0.1, 0.15) is 31.2 Å². The molecule has 118 valence electrons. The van der Waals surface area contributed by atoms with E-state index in [2.05, 4.69) is 11.2 Å². The lowest BCUT2D eigenvalue weighted by molar-refractivity contribution is -0.130. The smallest absolute Gasteiger partial charge is 0.222 e. The van der Waals surface area contributed by atoms with Crippen LogP contribution in [0.25, 0.3) is 0 Å². The van der Waals surface area contributed by atoms with E-state index in [1.807, 2.05) is 29.2 Å². The lowest BCUT2D eigenvalue weighted by Crippen LogP contribution is -2.36. The first kappa shape index (κ1) is 16.4. The van der Waals surface area contributed by atoms with Crippen molar-refractivity contribution < 1.29 is 9.53 Å². The average Bonchev–Trinajstić information content (AvgIpc) is 2.75. The third-order valence-corrected chi connectivity index (χ3v) is 3.83. The Bertz CT molecular complexity index is 522. The molecule has 0 aliphatic carbocycles. The number of carbonyl (C=O) groups excluding carboxylic acids is 1. The lowest BCUT2D eigenvalue weighted by Gasteiger charge is -2.20. The Morgan fingerprint density at radius 1 is 1.27 bits per heavy atom. The summed E-state index contributed by atoms with van der Waals surface area (Å²) in [5.74, 6) is 3.58. The van der Waals surface area contributed by atoms with Crippen LogP contribution in [0.2, 0.25) is 0 Å². The highest BCUT2D eigenvalue weighted by Crippen LogP contribution is 2.17. The standard InChI is InChI=1S/C18H24N2O2/c1-2-14-22-17-9-6-5-8-16(17)15-19-11-13-20-12-7-3-4-10-18(20)21/h1,5-6,8-9,19H,3-4,7,10-15H2. The van der Waals surface area contributed by atoms with Gasteiger partial charge in [-0.05, 0) is 18.9 Å². The number of para-hydroxylation sites is 1. The molecule has 1 aromatic carbocycles. The van der Waals surface area contributed by atoms with Crippen LogP contribution in [0.3, 0.4) is 0 Å². The number of likely N-dealkylation sites (tertiary alicyclic amines) is 1. The molecule has 1 saturated heterocycles. The van der Waals surface area contributed by atoms with E-state index < -0.39 is 0 Å². The van der Waals surface area contributed by atoms with Crippen molar-refractivity contribution in [3.05, 3.63) is 29.8 Å². The van der Waals surface area contributed by atoms with E-state index in [-0.39, 0.29) is 12.5 Å². The van der Waals surface area contributed by atoms with Gasteiger partial charge in [-0.2, -0.15) is 0 Å². The van der Waals surface area contributed by atoms with Gasteiger partial charge in [0.15, 0.2) is 0 Å². The highest BCUT2D eigenvalue weighted by atomic mass is 16.5. The zero-order chi connectivity index (χ0) is 15.6. The first-order valence-corrected chi connectivity index (χ1v) is 7.94. The normalized spacial score (nSPS) is 15.2.